The third-order valence-electron chi connectivity index (χ3n) is 6.09. The second kappa shape index (κ2) is 9.91. The lowest BCUT2D eigenvalue weighted by atomic mass is 9.99. The maximum Gasteiger partial charge on any atom is 0.215 e. The van der Waals surface area contributed by atoms with Crippen molar-refractivity contribution in [2.24, 2.45) is 5.10 Å². The Labute approximate surface area is 175 Å². The van der Waals surface area contributed by atoms with Gasteiger partial charge in [0.25, 0.3) is 0 Å². The van der Waals surface area contributed by atoms with Crippen molar-refractivity contribution in [1.29, 1.82) is 0 Å². The van der Waals surface area contributed by atoms with Gasteiger partial charge in [-0.3, -0.25) is 14.6 Å². The number of carbonyl (C=O) groups is 1. The second-order valence-electron chi connectivity index (χ2n) is 7.92. The van der Waals surface area contributed by atoms with Crippen LogP contribution < -0.4 is 5.43 Å². The molecule has 3 heterocycles. The average Bonchev–Trinajstić information content (AvgIpc) is 3.28. The molecule has 3 aliphatic rings. The van der Waals surface area contributed by atoms with Crippen LogP contribution in [-0.4, -0.2) is 65.0 Å². The number of nitrogens with one attached hydrogen (secondary N) is 1. The summed E-state index contributed by atoms with van der Waals surface area (Å²) in [5.41, 5.74) is 3.76. The molecule has 3 fully saturated rings. The van der Waals surface area contributed by atoms with Crippen LogP contribution >= 0.6 is 11.8 Å². The van der Waals surface area contributed by atoms with Gasteiger partial charge in [-0.1, -0.05) is 30.0 Å². The number of hydrogen-bond acceptors (Lipinski definition) is 6. The molecule has 3 saturated heterocycles. The van der Waals surface area contributed by atoms with Crippen LogP contribution in [0.25, 0.3) is 0 Å². The normalized spacial score (nSPS) is 28.2. The zero-order valence-corrected chi connectivity index (χ0v) is 17.5. The largest absolute Gasteiger partial charge is 0.373 e. The highest BCUT2D eigenvalue weighted by molar-refractivity contribution is 8.14. The van der Waals surface area contributed by atoms with Crippen LogP contribution in [0.3, 0.4) is 0 Å². The molecular formula is C21H29FN4O2S. The molecule has 2 atom stereocenters. The van der Waals surface area contributed by atoms with Gasteiger partial charge < -0.3 is 10.2 Å². The number of ether oxygens (including phenoxy) is 1. The van der Waals surface area contributed by atoms with Gasteiger partial charge in [0.15, 0.2) is 5.17 Å². The van der Waals surface area contributed by atoms with Crippen molar-refractivity contribution in [3.8, 4) is 0 Å². The van der Waals surface area contributed by atoms with Crippen LogP contribution in [-0.2, 0) is 16.1 Å². The summed E-state index contributed by atoms with van der Waals surface area (Å²) in [5.74, 6) is 0.729. The van der Waals surface area contributed by atoms with Gasteiger partial charge in [-0.25, -0.2) is 4.39 Å². The molecule has 4 rings (SSSR count). The van der Waals surface area contributed by atoms with Crippen molar-refractivity contribution in [2.45, 2.75) is 56.9 Å². The van der Waals surface area contributed by atoms with Crippen molar-refractivity contribution in [3.05, 3.63) is 35.6 Å². The Morgan fingerprint density at radius 1 is 1.28 bits per heavy atom. The van der Waals surface area contributed by atoms with Gasteiger partial charge in [-0.05, 0) is 38.2 Å². The summed E-state index contributed by atoms with van der Waals surface area (Å²) in [5, 5.41) is 5.11. The lowest BCUT2D eigenvalue weighted by Gasteiger charge is -2.38. The lowest BCUT2D eigenvalue weighted by Crippen LogP contribution is -2.46. The number of hydrazone groups is 1. The number of halogens is 1. The third kappa shape index (κ3) is 5.10. The van der Waals surface area contributed by atoms with E-state index in [1.807, 2.05) is 6.07 Å². The molecule has 29 heavy (non-hydrogen) atoms. The lowest BCUT2D eigenvalue weighted by molar-refractivity contribution is -0.114. The van der Waals surface area contributed by atoms with Crippen LogP contribution in [0.15, 0.2) is 29.4 Å². The number of nitrogens with zero attached hydrogens (tertiary/aromatic N) is 3. The number of piperidine rings is 1. The maximum atomic E-state index is 13.8. The number of thioether (sulfide) groups is 1. The smallest absolute Gasteiger partial charge is 0.215 e. The molecule has 1 N–H and O–H groups in total. The van der Waals surface area contributed by atoms with Crippen LogP contribution in [0.2, 0.25) is 0 Å². The van der Waals surface area contributed by atoms with E-state index in [4.69, 9.17) is 4.74 Å². The van der Waals surface area contributed by atoms with Crippen molar-refractivity contribution < 1.29 is 13.9 Å². The first-order valence-electron chi connectivity index (χ1n) is 10.5. The van der Waals surface area contributed by atoms with Crippen molar-refractivity contribution in [2.75, 3.05) is 25.4 Å². The molecule has 0 aliphatic carbocycles. The Morgan fingerprint density at radius 2 is 2.07 bits per heavy atom. The number of amides is 1. The first-order valence-corrected chi connectivity index (χ1v) is 11.5. The van der Waals surface area contributed by atoms with Crippen LogP contribution in [0.1, 0.15) is 37.7 Å². The van der Waals surface area contributed by atoms with E-state index in [9.17, 15) is 9.18 Å². The summed E-state index contributed by atoms with van der Waals surface area (Å²) in [6.07, 6.45) is 6.61. The molecule has 6 nitrogen and oxygen atoms in total. The number of hydrogen-bond donors (Lipinski definition) is 1. The van der Waals surface area contributed by atoms with Crippen LogP contribution in [0.5, 0.6) is 0 Å². The predicted octanol–water partition coefficient (Wildman–Crippen LogP) is 2.79. The summed E-state index contributed by atoms with van der Waals surface area (Å²) in [4.78, 5) is 15.2. The zero-order valence-electron chi connectivity index (χ0n) is 16.6. The Kier molecular flexibility index (Phi) is 7.05. The summed E-state index contributed by atoms with van der Waals surface area (Å²) >= 11 is 1.61. The minimum atomic E-state index is -0.184. The molecule has 1 amide bonds. The van der Waals surface area contributed by atoms with E-state index in [0.717, 1.165) is 56.2 Å². The summed E-state index contributed by atoms with van der Waals surface area (Å²) in [7, 11) is 0. The van der Waals surface area contributed by atoms with Gasteiger partial charge in [-0.15, -0.1) is 0 Å². The highest BCUT2D eigenvalue weighted by atomic mass is 32.2. The Morgan fingerprint density at radius 3 is 2.83 bits per heavy atom. The number of carbonyl (C=O) groups excluding carboxylic acids is 1. The molecule has 3 aliphatic heterocycles. The highest BCUT2D eigenvalue weighted by Gasteiger charge is 2.40. The Bertz CT molecular complexity index is 720. The third-order valence-corrected chi connectivity index (χ3v) is 7.06. The van der Waals surface area contributed by atoms with E-state index < -0.39 is 0 Å². The van der Waals surface area contributed by atoms with Gasteiger partial charge in [0.1, 0.15) is 5.82 Å². The van der Waals surface area contributed by atoms with Crippen LogP contribution in [0.4, 0.5) is 4.39 Å². The van der Waals surface area contributed by atoms with Gasteiger partial charge >= 0.3 is 0 Å². The predicted molar refractivity (Wildman–Crippen MR) is 113 cm³/mol. The van der Waals surface area contributed by atoms with Crippen molar-refractivity contribution in [1.82, 2.24) is 15.2 Å². The summed E-state index contributed by atoms with van der Waals surface area (Å²) < 4.78 is 19.9. The van der Waals surface area contributed by atoms with Gasteiger partial charge in [0.2, 0.25) is 6.41 Å². The van der Waals surface area contributed by atoms with Gasteiger partial charge in [0.05, 0.1) is 12.7 Å². The summed E-state index contributed by atoms with van der Waals surface area (Å²) in [6, 6.07) is 8.00. The molecule has 0 spiro atoms. The average molecular weight is 421 g/mol. The monoisotopic (exact) mass is 420 g/mol. The molecule has 0 radical (unpaired) electrons. The quantitative estimate of drug-likeness (QED) is 0.378. The number of benzene rings is 1. The molecule has 2 unspecified atom stereocenters. The Hall–Kier alpha value is -1.64. The zero-order chi connectivity index (χ0) is 20.1. The first kappa shape index (κ1) is 20.6. The van der Waals surface area contributed by atoms with Crippen molar-refractivity contribution >= 4 is 23.3 Å². The fourth-order valence-electron chi connectivity index (χ4n) is 4.62. The SMILES string of the molecule is O=CN1CCS/C1=N/NCCCN1C2CCC1CC(OCc1ccccc1F)C2. The van der Waals surface area contributed by atoms with Gasteiger partial charge in [-0.2, -0.15) is 5.10 Å². The number of rotatable bonds is 9. The molecule has 158 valence electrons. The molecule has 0 aromatic heterocycles. The van der Waals surface area contributed by atoms with E-state index in [2.05, 4.69) is 15.4 Å². The van der Waals surface area contributed by atoms with Crippen molar-refractivity contribution in [3.63, 3.8) is 0 Å². The Balaban J connectivity index is 1.18. The van der Waals surface area contributed by atoms with E-state index in [-0.39, 0.29) is 11.9 Å². The molecular weight excluding hydrogens is 391 g/mol. The molecule has 8 heteroatoms. The fourth-order valence-corrected chi connectivity index (χ4v) is 5.52. The second-order valence-corrected chi connectivity index (χ2v) is 8.98. The van der Waals surface area contributed by atoms with E-state index in [1.54, 1.807) is 28.8 Å². The van der Waals surface area contributed by atoms with Gasteiger partial charge in [0, 0.05) is 43.0 Å². The number of fused-ring (bicyclic) bond motifs is 2. The highest BCUT2D eigenvalue weighted by Crippen LogP contribution is 2.37. The minimum Gasteiger partial charge on any atom is -0.373 e. The topological polar surface area (TPSA) is 57.2 Å². The molecule has 1 aromatic carbocycles. The number of amidine groups is 1. The first-order chi connectivity index (χ1) is 14.2. The van der Waals surface area contributed by atoms with E-state index >= 15 is 0 Å². The molecule has 1 aromatic rings. The molecule has 2 bridgehead atoms. The minimum absolute atomic E-state index is 0.184. The molecule has 0 saturated carbocycles. The summed E-state index contributed by atoms with van der Waals surface area (Å²) in [6.45, 7) is 2.96. The van der Waals surface area contributed by atoms with Crippen LogP contribution in [0, 0.1) is 5.82 Å². The van der Waals surface area contributed by atoms with E-state index in [1.165, 1.54) is 18.9 Å². The fraction of sp³-hybridized carbons (Fsp3) is 0.619. The standard InChI is InChI=1S/C21H29FN4O2S/c22-20-5-2-1-4-16(20)14-28-19-12-17-6-7-18(13-19)26(17)9-3-8-23-24-21-25(15-27)10-11-29-21/h1-2,4-5,15,17-19,23H,3,6-14H2/b24-21+. The maximum absolute atomic E-state index is 13.8. The van der Waals surface area contributed by atoms with E-state index in [0.29, 0.717) is 24.3 Å².